The van der Waals surface area contributed by atoms with Crippen LogP contribution in [0.15, 0.2) is 42.5 Å². The first kappa shape index (κ1) is 14.4. The monoisotopic (exact) mass is 289 g/mol. The number of carboxylic acid groups (broad SMARTS) is 1. The third-order valence-corrected chi connectivity index (χ3v) is 3.45. The number of nitrogens with one attached hydrogen (secondary N) is 1. The van der Waals surface area contributed by atoms with Gasteiger partial charge in [0.2, 0.25) is 0 Å². The van der Waals surface area contributed by atoms with Crippen LogP contribution in [0.5, 0.6) is 0 Å². The van der Waals surface area contributed by atoms with E-state index in [1.807, 2.05) is 32.0 Å². The van der Waals surface area contributed by atoms with Crippen LogP contribution in [0.4, 0.5) is 5.69 Å². The van der Waals surface area contributed by atoms with Gasteiger partial charge in [-0.2, -0.15) is 0 Å². The normalized spacial score (nSPS) is 11.9. The van der Waals surface area contributed by atoms with Gasteiger partial charge in [0, 0.05) is 11.7 Å². The van der Waals surface area contributed by atoms with Gasteiger partial charge < -0.3 is 10.4 Å². The Morgan fingerprint density at radius 3 is 2.65 bits per heavy atom. The first-order valence-corrected chi connectivity index (χ1v) is 6.71. The summed E-state index contributed by atoms with van der Waals surface area (Å²) in [5, 5.41) is 12.6. The third kappa shape index (κ3) is 3.31. The zero-order valence-corrected chi connectivity index (χ0v) is 12.1. The van der Waals surface area contributed by atoms with Gasteiger partial charge in [-0.1, -0.05) is 41.4 Å². The summed E-state index contributed by atoms with van der Waals surface area (Å²) in [6, 6.07) is 13.2. The molecule has 0 saturated heterocycles. The number of carboxylic acids is 1. The summed E-state index contributed by atoms with van der Waals surface area (Å²) in [6.07, 6.45) is 0. The van der Waals surface area contributed by atoms with Crippen molar-refractivity contribution in [3.63, 3.8) is 0 Å². The van der Waals surface area contributed by atoms with E-state index in [2.05, 4.69) is 11.4 Å². The highest BCUT2D eigenvalue weighted by Crippen LogP contribution is 2.24. The van der Waals surface area contributed by atoms with Gasteiger partial charge in [0.25, 0.3) is 0 Å². The first-order valence-electron chi connectivity index (χ1n) is 6.33. The number of rotatable bonds is 4. The van der Waals surface area contributed by atoms with Crippen molar-refractivity contribution in [1.29, 1.82) is 0 Å². The molecule has 1 atom stereocenters. The Balaban J connectivity index is 2.22. The number of carbonyl (C=O) groups is 1. The van der Waals surface area contributed by atoms with Gasteiger partial charge in [-0.15, -0.1) is 0 Å². The minimum absolute atomic E-state index is 0.0812. The second-order valence-electron chi connectivity index (χ2n) is 4.78. The Morgan fingerprint density at radius 2 is 2.00 bits per heavy atom. The van der Waals surface area contributed by atoms with E-state index in [4.69, 9.17) is 16.7 Å². The fraction of sp³-hybridized carbons (Fsp3) is 0.188. The Morgan fingerprint density at radius 1 is 1.25 bits per heavy atom. The SMILES string of the molecule is Cc1cccc(C(C)Nc2ccc(Cl)c(C(=O)O)c2)c1. The molecule has 0 aliphatic heterocycles. The van der Waals surface area contributed by atoms with Gasteiger partial charge in [-0.05, 0) is 37.6 Å². The van der Waals surface area contributed by atoms with E-state index in [0.29, 0.717) is 0 Å². The van der Waals surface area contributed by atoms with Gasteiger partial charge in [-0.3, -0.25) is 0 Å². The van der Waals surface area contributed by atoms with Crippen molar-refractivity contribution in [3.8, 4) is 0 Å². The molecule has 1 unspecified atom stereocenters. The molecule has 0 radical (unpaired) electrons. The average Bonchev–Trinajstić information content (AvgIpc) is 2.40. The lowest BCUT2D eigenvalue weighted by atomic mass is 10.1. The van der Waals surface area contributed by atoms with E-state index in [1.54, 1.807) is 18.2 Å². The van der Waals surface area contributed by atoms with Crippen molar-refractivity contribution in [2.75, 3.05) is 5.32 Å². The van der Waals surface area contributed by atoms with Gasteiger partial charge >= 0.3 is 5.97 Å². The van der Waals surface area contributed by atoms with Crippen molar-refractivity contribution in [1.82, 2.24) is 0 Å². The van der Waals surface area contributed by atoms with E-state index >= 15 is 0 Å². The lowest BCUT2D eigenvalue weighted by Crippen LogP contribution is -2.08. The fourth-order valence-corrected chi connectivity index (χ4v) is 2.25. The summed E-state index contributed by atoms with van der Waals surface area (Å²) in [7, 11) is 0. The Labute approximate surface area is 123 Å². The molecule has 0 aliphatic carbocycles. The van der Waals surface area contributed by atoms with E-state index < -0.39 is 5.97 Å². The van der Waals surface area contributed by atoms with Gasteiger partial charge in [-0.25, -0.2) is 4.79 Å². The molecule has 0 spiro atoms. The molecule has 0 aliphatic rings. The highest BCUT2D eigenvalue weighted by atomic mass is 35.5. The standard InChI is InChI=1S/C16H16ClNO2/c1-10-4-3-5-12(8-10)11(2)18-13-6-7-15(17)14(9-13)16(19)20/h3-9,11,18H,1-2H3,(H,19,20). The second kappa shape index (κ2) is 5.97. The second-order valence-corrected chi connectivity index (χ2v) is 5.19. The Kier molecular flexibility index (Phi) is 4.30. The number of benzene rings is 2. The number of aromatic carboxylic acids is 1. The Hall–Kier alpha value is -2.00. The van der Waals surface area contributed by atoms with E-state index in [0.717, 1.165) is 11.3 Å². The molecule has 2 N–H and O–H groups in total. The van der Waals surface area contributed by atoms with Crippen LogP contribution in [0.2, 0.25) is 5.02 Å². The predicted octanol–water partition coefficient (Wildman–Crippen LogP) is 4.52. The maximum Gasteiger partial charge on any atom is 0.337 e. The summed E-state index contributed by atoms with van der Waals surface area (Å²) >= 11 is 5.86. The quantitative estimate of drug-likeness (QED) is 0.870. The van der Waals surface area contributed by atoms with Crippen molar-refractivity contribution < 1.29 is 9.90 Å². The number of anilines is 1. The van der Waals surface area contributed by atoms with Gasteiger partial charge in [0.05, 0.1) is 10.6 Å². The number of hydrogen-bond acceptors (Lipinski definition) is 2. The molecule has 2 aromatic rings. The molecule has 0 saturated carbocycles. The minimum Gasteiger partial charge on any atom is -0.478 e. The molecular weight excluding hydrogens is 274 g/mol. The van der Waals surface area contributed by atoms with E-state index in [-0.39, 0.29) is 16.6 Å². The smallest absolute Gasteiger partial charge is 0.337 e. The summed E-state index contributed by atoms with van der Waals surface area (Å²) in [4.78, 5) is 11.1. The lowest BCUT2D eigenvalue weighted by Gasteiger charge is -2.17. The van der Waals surface area contributed by atoms with Crippen molar-refractivity contribution >= 4 is 23.3 Å². The topological polar surface area (TPSA) is 49.3 Å². The molecule has 0 amide bonds. The van der Waals surface area contributed by atoms with Crippen LogP contribution in [0, 0.1) is 6.92 Å². The summed E-state index contributed by atoms with van der Waals surface area (Å²) in [6.45, 7) is 4.07. The highest BCUT2D eigenvalue weighted by Gasteiger charge is 2.11. The first-order chi connectivity index (χ1) is 9.47. The van der Waals surface area contributed by atoms with Crippen LogP contribution in [0.3, 0.4) is 0 Å². The van der Waals surface area contributed by atoms with Crippen LogP contribution in [-0.2, 0) is 0 Å². The molecule has 4 heteroatoms. The Bertz CT molecular complexity index is 640. The molecule has 2 aromatic carbocycles. The summed E-state index contributed by atoms with van der Waals surface area (Å²) in [5.41, 5.74) is 3.18. The van der Waals surface area contributed by atoms with E-state index in [9.17, 15) is 4.79 Å². The molecular formula is C16H16ClNO2. The molecule has 3 nitrogen and oxygen atoms in total. The van der Waals surface area contributed by atoms with Crippen LogP contribution in [0.1, 0.15) is 34.5 Å². The molecule has 104 valence electrons. The number of halogens is 1. The molecule has 0 aromatic heterocycles. The van der Waals surface area contributed by atoms with Crippen LogP contribution in [0.25, 0.3) is 0 Å². The zero-order valence-electron chi connectivity index (χ0n) is 11.4. The van der Waals surface area contributed by atoms with E-state index in [1.165, 1.54) is 5.56 Å². The highest BCUT2D eigenvalue weighted by molar-refractivity contribution is 6.33. The molecule has 2 rings (SSSR count). The van der Waals surface area contributed by atoms with Crippen molar-refractivity contribution in [2.24, 2.45) is 0 Å². The maximum atomic E-state index is 11.1. The molecule has 0 heterocycles. The average molecular weight is 290 g/mol. The fourth-order valence-electron chi connectivity index (χ4n) is 2.05. The largest absolute Gasteiger partial charge is 0.478 e. The van der Waals surface area contributed by atoms with Crippen molar-refractivity contribution in [3.05, 3.63) is 64.2 Å². The molecule has 0 fully saturated rings. The summed E-state index contributed by atoms with van der Waals surface area (Å²) < 4.78 is 0. The van der Waals surface area contributed by atoms with Crippen LogP contribution >= 0.6 is 11.6 Å². The number of aryl methyl sites for hydroxylation is 1. The molecule has 0 bridgehead atoms. The third-order valence-electron chi connectivity index (χ3n) is 3.12. The van der Waals surface area contributed by atoms with Gasteiger partial charge in [0.1, 0.15) is 0 Å². The number of hydrogen-bond donors (Lipinski definition) is 2. The van der Waals surface area contributed by atoms with Crippen LogP contribution in [-0.4, -0.2) is 11.1 Å². The molecule has 20 heavy (non-hydrogen) atoms. The maximum absolute atomic E-state index is 11.1. The predicted molar refractivity (Wildman–Crippen MR) is 81.6 cm³/mol. The van der Waals surface area contributed by atoms with Gasteiger partial charge in [0.15, 0.2) is 0 Å². The summed E-state index contributed by atoms with van der Waals surface area (Å²) in [5.74, 6) is -1.03. The van der Waals surface area contributed by atoms with Crippen LogP contribution < -0.4 is 5.32 Å². The lowest BCUT2D eigenvalue weighted by molar-refractivity contribution is 0.0697. The minimum atomic E-state index is -1.03. The zero-order chi connectivity index (χ0) is 14.7. The van der Waals surface area contributed by atoms with Crippen molar-refractivity contribution in [2.45, 2.75) is 19.9 Å².